The molecule has 0 aliphatic carbocycles. The number of rotatable bonds is 33. The second kappa shape index (κ2) is 31.4. The molecule has 0 aliphatic rings. The summed E-state index contributed by atoms with van der Waals surface area (Å²) in [6.07, 6.45) is 12.4. The van der Waals surface area contributed by atoms with Crippen molar-refractivity contribution in [3.8, 4) is 0 Å². The van der Waals surface area contributed by atoms with E-state index in [4.69, 9.17) is 14.2 Å². The van der Waals surface area contributed by atoms with Gasteiger partial charge in [0.1, 0.15) is 19.8 Å². The molecule has 294 valence electrons. The van der Waals surface area contributed by atoms with Crippen LogP contribution in [0.1, 0.15) is 117 Å². The van der Waals surface area contributed by atoms with Crippen LogP contribution in [-0.2, 0) is 48.2 Å². The summed E-state index contributed by atoms with van der Waals surface area (Å²) in [5.74, 6) is 4.99. The van der Waals surface area contributed by atoms with E-state index in [-0.39, 0.29) is 58.7 Å². The molecule has 51 heavy (non-hydrogen) atoms. The largest absolute Gasteiger partial charge is 0.464 e. The predicted octanol–water partition coefficient (Wildman–Crippen LogP) is 5.91. The van der Waals surface area contributed by atoms with Crippen molar-refractivity contribution >= 4 is 53.2 Å². The van der Waals surface area contributed by atoms with Gasteiger partial charge in [-0.2, -0.15) is 35.3 Å². The molecule has 0 atom stereocenters. The molecule has 0 aromatic carbocycles. The SMILES string of the molecule is CCCCSCCCCC(=O)OCCn1c(=O)n(CCOC(=O)CCCCSCCCC)c(=O)n(CCOC(=O)CCCCSCCCC)c1=O. The van der Waals surface area contributed by atoms with Gasteiger partial charge in [0.05, 0.1) is 19.6 Å². The average Bonchev–Trinajstić information content (AvgIpc) is 3.11. The number of carbonyl (C=O) groups excluding carboxylic acids is 3. The van der Waals surface area contributed by atoms with Gasteiger partial charge < -0.3 is 14.2 Å². The third-order valence-electron chi connectivity index (χ3n) is 7.80. The lowest BCUT2D eigenvalue weighted by atomic mass is 10.2. The zero-order valence-electron chi connectivity index (χ0n) is 31.3. The highest BCUT2D eigenvalue weighted by atomic mass is 32.2. The maximum Gasteiger partial charge on any atom is 0.336 e. The minimum absolute atomic E-state index is 0.227. The van der Waals surface area contributed by atoms with Gasteiger partial charge in [0.15, 0.2) is 0 Å². The maximum atomic E-state index is 13.3. The van der Waals surface area contributed by atoms with Crippen molar-refractivity contribution in [1.29, 1.82) is 0 Å². The van der Waals surface area contributed by atoms with Gasteiger partial charge in [-0.25, -0.2) is 28.1 Å². The van der Waals surface area contributed by atoms with Gasteiger partial charge in [0.25, 0.3) is 0 Å². The number of ether oxygens (including phenoxy) is 3. The Balaban J connectivity index is 2.80. The Morgan fingerprint density at radius 1 is 0.431 bits per heavy atom. The first kappa shape index (κ1) is 46.9. The van der Waals surface area contributed by atoms with Crippen LogP contribution in [-0.4, -0.2) is 85.9 Å². The van der Waals surface area contributed by atoms with Gasteiger partial charge in [0, 0.05) is 19.3 Å². The number of aromatic nitrogens is 3. The van der Waals surface area contributed by atoms with E-state index in [1.807, 2.05) is 35.3 Å². The molecule has 1 aromatic rings. The Morgan fingerprint density at radius 3 is 0.941 bits per heavy atom. The van der Waals surface area contributed by atoms with Gasteiger partial charge in [-0.1, -0.05) is 40.0 Å². The number of carbonyl (C=O) groups is 3. The Labute approximate surface area is 316 Å². The van der Waals surface area contributed by atoms with Crippen molar-refractivity contribution in [1.82, 2.24) is 13.7 Å². The number of thioether (sulfide) groups is 3. The first-order valence-electron chi connectivity index (χ1n) is 18.9. The fourth-order valence-electron chi connectivity index (χ4n) is 4.69. The number of nitrogens with zero attached hydrogens (tertiary/aromatic N) is 3. The van der Waals surface area contributed by atoms with Crippen molar-refractivity contribution in [3.63, 3.8) is 0 Å². The van der Waals surface area contributed by atoms with E-state index in [9.17, 15) is 28.8 Å². The summed E-state index contributed by atoms with van der Waals surface area (Å²) in [5.41, 5.74) is -2.68. The van der Waals surface area contributed by atoms with Crippen LogP contribution in [0.2, 0.25) is 0 Å². The van der Waals surface area contributed by atoms with Crippen molar-refractivity contribution in [2.24, 2.45) is 0 Å². The molecule has 0 aliphatic heterocycles. The number of hydrogen-bond acceptors (Lipinski definition) is 12. The van der Waals surface area contributed by atoms with Gasteiger partial charge >= 0.3 is 35.0 Å². The minimum atomic E-state index is -0.893. The van der Waals surface area contributed by atoms with Crippen molar-refractivity contribution < 1.29 is 28.6 Å². The van der Waals surface area contributed by atoms with Crippen molar-refractivity contribution in [2.45, 2.75) is 137 Å². The highest BCUT2D eigenvalue weighted by molar-refractivity contribution is 7.99. The van der Waals surface area contributed by atoms with Gasteiger partial charge in [-0.05, 0) is 92.3 Å². The normalized spacial score (nSPS) is 11.1. The van der Waals surface area contributed by atoms with Crippen LogP contribution in [0, 0.1) is 0 Å². The molecule has 0 saturated carbocycles. The molecule has 0 bridgehead atoms. The van der Waals surface area contributed by atoms with Crippen LogP contribution in [0.15, 0.2) is 14.4 Å². The van der Waals surface area contributed by atoms with Crippen LogP contribution in [0.5, 0.6) is 0 Å². The molecule has 1 aromatic heterocycles. The highest BCUT2D eigenvalue weighted by Crippen LogP contribution is 2.11. The Kier molecular flexibility index (Phi) is 28.9. The quantitative estimate of drug-likeness (QED) is 0.0475. The molecule has 0 amide bonds. The summed E-state index contributed by atoms with van der Waals surface area (Å²) in [7, 11) is 0. The van der Waals surface area contributed by atoms with Gasteiger partial charge in [-0.3, -0.25) is 14.4 Å². The highest BCUT2D eigenvalue weighted by Gasteiger charge is 2.17. The monoisotopic (exact) mass is 777 g/mol. The molecule has 15 heteroatoms. The van der Waals surface area contributed by atoms with E-state index in [1.165, 1.54) is 19.3 Å². The van der Waals surface area contributed by atoms with Crippen molar-refractivity contribution in [3.05, 3.63) is 31.5 Å². The minimum Gasteiger partial charge on any atom is -0.464 e. The van der Waals surface area contributed by atoms with Crippen LogP contribution < -0.4 is 17.1 Å². The van der Waals surface area contributed by atoms with Crippen LogP contribution in [0.25, 0.3) is 0 Å². The maximum absolute atomic E-state index is 13.3. The van der Waals surface area contributed by atoms with E-state index in [0.717, 1.165) is 86.7 Å². The zero-order chi connectivity index (χ0) is 37.5. The molecule has 1 heterocycles. The lowest BCUT2D eigenvalue weighted by molar-refractivity contribution is -0.144. The third kappa shape index (κ3) is 22.5. The van der Waals surface area contributed by atoms with E-state index < -0.39 is 35.0 Å². The molecule has 0 unspecified atom stereocenters. The van der Waals surface area contributed by atoms with Crippen LogP contribution in [0.4, 0.5) is 0 Å². The molecular weight excluding hydrogens is 715 g/mol. The van der Waals surface area contributed by atoms with E-state index in [1.54, 1.807) is 0 Å². The Hall–Kier alpha value is -2.13. The van der Waals surface area contributed by atoms with Crippen LogP contribution in [0.3, 0.4) is 0 Å². The summed E-state index contributed by atoms with van der Waals surface area (Å²) >= 11 is 5.60. The smallest absolute Gasteiger partial charge is 0.336 e. The molecule has 0 fully saturated rings. The predicted molar refractivity (Wildman–Crippen MR) is 210 cm³/mol. The lowest BCUT2D eigenvalue weighted by Gasteiger charge is -2.14. The first-order valence-corrected chi connectivity index (χ1v) is 22.4. The van der Waals surface area contributed by atoms with E-state index in [2.05, 4.69) is 20.8 Å². The topological polar surface area (TPSA) is 145 Å². The number of hydrogen-bond donors (Lipinski definition) is 0. The molecule has 0 saturated heterocycles. The summed E-state index contributed by atoms with van der Waals surface area (Å²) in [6, 6.07) is 0. The van der Waals surface area contributed by atoms with Crippen LogP contribution >= 0.6 is 35.3 Å². The fourth-order valence-corrected chi connectivity index (χ4v) is 8.01. The summed E-state index contributed by atoms with van der Waals surface area (Å²) in [6.45, 7) is 4.99. The summed E-state index contributed by atoms with van der Waals surface area (Å²) in [4.78, 5) is 76.8. The van der Waals surface area contributed by atoms with E-state index >= 15 is 0 Å². The van der Waals surface area contributed by atoms with Gasteiger partial charge in [0.2, 0.25) is 0 Å². The second-order valence-electron chi connectivity index (χ2n) is 12.2. The second-order valence-corrected chi connectivity index (χ2v) is 15.9. The molecule has 12 nitrogen and oxygen atoms in total. The Bertz CT molecular complexity index is 1100. The average molecular weight is 778 g/mol. The zero-order valence-corrected chi connectivity index (χ0v) is 33.8. The summed E-state index contributed by atoms with van der Waals surface area (Å²) < 4.78 is 18.4. The van der Waals surface area contributed by atoms with Crippen molar-refractivity contribution in [2.75, 3.05) is 54.3 Å². The standard InChI is InChI=1S/C36H63N3O9S3/c1-4-7-25-49-28-13-10-16-31(40)46-22-19-37-34(43)38(20-23-47-32(41)17-11-14-29-50-26-8-5-2)36(45)39(35(37)44)21-24-48-33(42)18-12-15-30-51-27-9-6-3/h4-30H2,1-3H3. The molecule has 0 radical (unpaired) electrons. The summed E-state index contributed by atoms with van der Waals surface area (Å²) in [5, 5.41) is 0. The molecule has 0 N–H and O–H groups in total. The number of esters is 3. The lowest BCUT2D eigenvalue weighted by Crippen LogP contribution is -2.55. The first-order chi connectivity index (χ1) is 24.8. The molecular formula is C36H63N3O9S3. The van der Waals surface area contributed by atoms with E-state index in [0.29, 0.717) is 19.3 Å². The molecule has 1 rings (SSSR count). The Morgan fingerprint density at radius 2 is 0.686 bits per heavy atom. The van der Waals surface area contributed by atoms with Gasteiger partial charge in [-0.15, -0.1) is 0 Å². The third-order valence-corrected chi connectivity index (χ3v) is 11.3. The number of unbranched alkanes of at least 4 members (excludes halogenated alkanes) is 6. The fraction of sp³-hybridized carbons (Fsp3) is 0.833. The molecule has 0 spiro atoms.